The number of carbonyl (C=O) groups excluding carboxylic acids is 1. The van der Waals surface area contributed by atoms with E-state index in [9.17, 15) is 4.79 Å². The summed E-state index contributed by atoms with van der Waals surface area (Å²) in [4.78, 5) is 26.1. The minimum atomic E-state index is 0. The lowest BCUT2D eigenvalue weighted by atomic mass is 9.89. The van der Waals surface area contributed by atoms with Crippen LogP contribution in [-0.2, 0) is 0 Å². The lowest BCUT2D eigenvalue weighted by Gasteiger charge is -2.29. The number of hydrogen-bond donors (Lipinski definition) is 1. The summed E-state index contributed by atoms with van der Waals surface area (Å²) < 4.78 is 0. The minimum absolute atomic E-state index is 0. The summed E-state index contributed by atoms with van der Waals surface area (Å²) in [6.45, 7) is 4.61. The summed E-state index contributed by atoms with van der Waals surface area (Å²) in [6.07, 6.45) is 1.68. The van der Waals surface area contributed by atoms with Crippen LogP contribution in [0.4, 0.5) is 5.95 Å². The first-order chi connectivity index (χ1) is 12.6. The Morgan fingerprint density at radius 3 is 2.63 bits per heavy atom. The molecule has 1 amide bonds. The van der Waals surface area contributed by atoms with Crippen LogP contribution in [0.3, 0.4) is 0 Å². The van der Waals surface area contributed by atoms with Crippen molar-refractivity contribution < 1.29 is 4.79 Å². The van der Waals surface area contributed by atoms with Crippen molar-refractivity contribution in [3.63, 3.8) is 0 Å². The van der Waals surface area contributed by atoms with E-state index in [1.54, 1.807) is 6.20 Å². The number of halogens is 1. The Kier molecular flexibility index (Phi) is 5.67. The standard InChI is InChI=1S/C20H25N5O.ClH/c1-13-16(11-22-20(23-13)24(2)3)19(26)25-12-15-9-21-10-17(15)18(25)14-7-5-4-6-8-14;/h4-8,11,15,17-18,21H,9-10,12H2,1-3H3;1H/t15-,17-,18+;/m0./s1. The highest BCUT2D eigenvalue weighted by Crippen LogP contribution is 2.43. The molecule has 27 heavy (non-hydrogen) atoms. The number of amides is 1. The molecule has 1 aromatic heterocycles. The first-order valence-electron chi connectivity index (χ1n) is 9.14. The van der Waals surface area contributed by atoms with Crippen molar-refractivity contribution in [1.29, 1.82) is 0 Å². The molecule has 4 rings (SSSR count). The van der Waals surface area contributed by atoms with E-state index in [4.69, 9.17) is 0 Å². The smallest absolute Gasteiger partial charge is 0.257 e. The molecule has 2 fully saturated rings. The highest BCUT2D eigenvalue weighted by Gasteiger charge is 2.47. The second kappa shape index (κ2) is 7.82. The van der Waals surface area contributed by atoms with Gasteiger partial charge in [-0.3, -0.25) is 4.79 Å². The Morgan fingerprint density at radius 1 is 1.22 bits per heavy atom. The van der Waals surface area contributed by atoms with Gasteiger partial charge in [-0.1, -0.05) is 30.3 Å². The third kappa shape index (κ3) is 3.51. The normalized spacial score (nSPS) is 23.7. The molecule has 3 atom stereocenters. The fourth-order valence-corrected chi connectivity index (χ4v) is 4.24. The van der Waals surface area contributed by atoms with Gasteiger partial charge in [0.25, 0.3) is 5.91 Å². The SMILES string of the molecule is Cc1nc(N(C)C)ncc1C(=O)N1C[C@@H]2CNC[C@@H]2[C@H]1c1ccccc1.Cl. The maximum absolute atomic E-state index is 13.4. The summed E-state index contributed by atoms with van der Waals surface area (Å²) >= 11 is 0. The molecule has 1 aromatic carbocycles. The number of aromatic nitrogens is 2. The number of anilines is 1. The van der Waals surface area contributed by atoms with Gasteiger partial charge in [0.05, 0.1) is 17.3 Å². The molecule has 2 aliphatic rings. The van der Waals surface area contributed by atoms with E-state index in [1.807, 2.05) is 49.0 Å². The van der Waals surface area contributed by atoms with Gasteiger partial charge >= 0.3 is 0 Å². The molecule has 144 valence electrons. The lowest BCUT2D eigenvalue weighted by molar-refractivity contribution is 0.0712. The molecule has 0 unspecified atom stereocenters. The molecular weight excluding hydrogens is 362 g/mol. The van der Waals surface area contributed by atoms with Crippen LogP contribution in [0.25, 0.3) is 0 Å². The maximum atomic E-state index is 13.4. The van der Waals surface area contributed by atoms with Crippen molar-refractivity contribution >= 4 is 24.3 Å². The number of aryl methyl sites for hydroxylation is 1. The molecule has 2 aromatic rings. The topological polar surface area (TPSA) is 61.4 Å². The zero-order valence-electron chi connectivity index (χ0n) is 15.9. The zero-order valence-corrected chi connectivity index (χ0v) is 16.7. The van der Waals surface area contributed by atoms with Crippen LogP contribution in [0.2, 0.25) is 0 Å². The second-order valence-corrected chi connectivity index (χ2v) is 7.46. The molecule has 7 heteroatoms. The van der Waals surface area contributed by atoms with Gasteiger partial charge in [0.2, 0.25) is 5.95 Å². The second-order valence-electron chi connectivity index (χ2n) is 7.46. The van der Waals surface area contributed by atoms with Crippen molar-refractivity contribution in [2.75, 3.05) is 38.6 Å². The van der Waals surface area contributed by atoms with Gasteiger partial charge in [0.15, 0.2) is 0 Å². The molecule has 2 aliphatic heterocycles. The van der Waals surface area contributed by atoms with Crippen LogP contribution < -0.4 is 10.2 Å². The predicted molar refractivity (Wildman–Crippen MR) is 108 cm³/mol. The number of fused-ring (bicyclic) bond motifs is 1. The Labute approximate surface area is 166 Å². The minimum Gasteiger partial charge on any atom is -0.347 e. The summed E-state index contributed by atoms with van der Waals surface area (Å²) in [6, 6.07) is 10.5. The largest absolute Gasteiger partial charge is 0.347 e. The lowest BCUT2D eigenvalue weighted by Crippen LogP contribution is -2.35. The Hall–Kier alpha value is -2.18. The van der Waals surface area contributed by atoms with Crippen LogP contribution in [-0.4, -0.2) is 54.5 Å². The average Bonchev–Trinajstić information content (AvgIpc) is 3.22. The number of hydrogen-bond acceptors (Lipinski definition) is 5. The van der Waals surface area contributed by atoms with Crippen molar-refractivity contribution in [2.24, 2.45) is 11.8 Å². The third-order valence-electron chi connectivity index (χ3n) is 5.56. The predicted octanol–water partition coefficient (Wildman–Crippen LogP) is 2.31. The number of nitrogens with zero attached hydrogens (tertiary/aromatic N) is 4. The van der Waals surface area contributed by atoms with Crippen LogP contribution >= 0.6 is 12.4 Å². The summed E-state index contributed by atoms with van der Waals surface area (Å²) in [5.41, 5.74) is 2.54. The number of carbonyl (C=O) groups is 1. The molecule has 2 saturated heterocycles. The third-order valence-corrected chi connectivity index (χ3v) is 5.56. The van der Waals surface area contributed by atoms with Crippen molar-refractivity contribution in [1.82, 2.24) is 20.2 Å². The molecule has 0 aliphatic carbocycles. The van der Waals surface area contributed by atoms with E-state index in [1.165, 1.54) is 5.56 Å². The number of benzene rings is 1. The highest BCUT2D eigenvalue weighted by atomic mass is 35.5. The Bertz CT molecular complexity index is 813. The molecule has 6 nitrogen and oxygen atoms in total. The quantitative estimate of drug-likeness (QED) is 0.875. The summed E-state index contributed by atoms with van der Waals surface area (Å²) in [5, 5.41) is 3.49. The summed E-state index contributed by atoms with van der Waals surface area (Å²) in [7, 11) is 3.80. The monoisotopic (exact) mass is 387 g/mol. The van der Waals surface area contributed by atoms with E-state index < -0.39 is 0 Å². The van der Waals surface area contributed by atoms with Gasteiger partial charge in [-0.15, -0.1) is 12.4 Å². The van der Waals surface area contributed by atoms with Crippen molar-refractivity contribution in [3.05, 3.63) is 53.3 Å². The van der Waals surface area contributed by atoms with Crippen LogP contribution in [0.15, 0.2) is 36.5 Å². The van der Waals surface area contributed by atoms with E-state index in [2.05, 4.69) is 27.4 Å². The average molecular weight is 388 g/mol. The van der Waals surface area contributed by atoms with Crippen LogP contribution in [0.5, 0.6) is 0 Å². The summed E-state index contributed by atoms with van der Waals surface area (Å²) in [5.74, 6) is 1.63. The van der Waals surface area contributed by atoms with Crippen molar-refractivity contribution in [2.45, 2.75) is 13.0 Å². The van der Waals surface area contributed by atoms with E-state index in [-0.39, 0.29) is 24.4 Å². The number of nitrogens with one attached hydrogen (secondary N) is 1. The van der Waals surface area contributed by atoms with E-state index in [0.29, 0.717) is 23.3 Å². The molecule has 0 radical (unpaired) electrons. The number of likely N-dealkylation sites (tertiary alicyclic amines) is 1. The van der Waals surface area contributed by atoms with Gasteiger partial charge < -0.3 is 15.1 Å². The Balaban J connectivity index is 0.00000210. The first kappa shape index (κ1) is 19.6. The molecule has 0 bridgehead atoms. The maximum Gasteiger partial charge on any atom is 0.257 e. The molecule has 0 saturated carbocycles. The first-order valence-corrected chi connectivity index (χ1v) is 9.14. The van der Waals surface area contributed by atoms with Crippen molar-refractivity contribution in [3.8, 4) is 0 Å². The molecular formula is C20H26ClN5O. The Morgan fingerprint density at radius 2 is 1.96 bits per heavy atom. The van der Waals surface area contributed by atoms with Gasteiger partial charge in [0, 0.05) is 45.8 Å². The van der Waals surface area contributed by atoms with Crippen LogP contribution in [0, 0.1) is 18.8 Å². The molecule has 0 spiro atoms. The molecule has 1 N–H and O–H groups in total. The van der Waals surface area contributed by atoms with E-state index >= 15 is 0 Å². The van der Waals surface area contributed by atoms with E-state index in [0.717, 1.165) is 25.3 Å². The zero-order chi connectivity index (χ0) is 18.3. The van der Waals surface area contributed by atoms with Crippen LogP contribution in [0.1, 0.15) is 27.7 Å². The fraction of sp³-hybridized carbons (Fsp3) is 0.450. The van der Waals surface area contributed by atoms with Gasteiger partial charge in [0.1, 0.15) is 0 Å². The number of rotatable bonds is 3. The highest BCUT2D eigenvalue weighted by molar-refractivity contribution is 5.95. The van der Waals surface area contributed by atoms with Gasteiger partial charge in [-0.2, -0.15) is 0 Å². The fourth-order valence-electron chi connectivity index (χ4n) is 4.24. The van der Waals surface area contributed by atoms with Gasteiger partial charge in [-0.25, -0.2) is 9.97 Å². The molecule has 3 heterocycles. The van der Waals surface area contributed by atoms with Gasteiger partial charge in [-0.05, 0) is 18.4 Å².